The van der Waals surface area contributed by atoms with Gasteiger partial charge < -0.3 is 10.2 Å². The molecule has 0 saturated heterocycles. The lowest BCUT2D eigenvalue weighted by atomic mass is 10.0. The molecule has 0 bridgehead atoms. The Morgan fingerprint density at radius 3 is 2.68 bits per heavy atom. The fraction of sp³-hybridized carbons (Fsp3) is 0.350. The Morgan fingerprint density at radius 1 is 1.16 bits per heavy atom. The number of anilines is 1. The van der Waals surface area contributed by atoms with Crippen LogP contribution in [0.5, 0.6) is 0 Å². The molecular weight excluding hydrogens is 314 g/mol. The number of carbonyl (C=O) groups excluding carboxylic acids is 2. The van der Waals surface area contributed by atoms with Gasteiger partial charge in [0.1, 0.15) is 5.69 Å². The average Bonchev–Trinajstić information content (AvgIpc) is 2.59. The number of pyridine rings is 1. The van der Waals surface area contributed by atoms with Crippen LogP contribution < -0.4 is 10.2 Å². The van der Waals surface area contributed by atoms with Crippen LogP contribution in [-0.4, -0.2) is 28.9 Å². The van der Waals surface area contributed by atoms with E-state index in [1.54, 1.807) is 17.0 Å². The maximum Gasteiger partial charge on any atom is 0.276 e. The van der Waals surface area contributed by atoms with Crippen molar-refractivity contribution >= 4 is 17.5 Å². The molecule has 0 fully saturated rings. The molecule has 25 heavy (non-hydrogen) atoms. The molecule has 0 atom stereocenters. The number of para-hydroxylation sites is 1. The van der Waals surface area contributed by atoms with Crippen molar-refractivity contribution in [2.45, 2.75) is 39.2 Å². The van der Waals surface area contributed by atoms with Crippen LogP contribution in [0.3, 0.4) is 0 Å². The number of aryl methyl sites for hydroxylation is 1. The molecule has 130 valence electrons. The molecule has 5 heteroatoms. The predicted octanol–water partition coefficient (Wildman–Crippen LogP) is 3.20. The average molecular weight is 337 g/mol. The summed E-state index contributed by atoms with van der Waals surface area (Å²) in [6, 6.07) is 11.1. The van der Waals surface area contributed by atoms with Gasteiger partial charge in [-0.25, -0.2) is 0 Å². The molecule has 5 nitrogen and oxygen atoms in total. The number of hydrogen-bond acceptors (Lipinski definition) is 3. The van der Waals surface area contributed by atoms with Gasteiger partial charge in [0.25, 0.3) is 11.8 Å². The first-order valence-electron chi connectivity index (χ1n) is 8.53. The molecule has 1 N–H and O–H groups in total. The summed E-state index contributed by atoms with van der Waals surface area (Å²) in [5.74, 6) is -0.374. The number of rotatable bonds is 2. The van der Waals surface area contributed by atoms with E-state index in [-0.39, 0.29) is 17.4 Å². The van der Waals surface area contributed by atoms with Crippen LogP contribution in [0.25, 0.3) is 0 Å². The van der Waals surface area contributed by atoms with E-state index in [0.29, 0.717) is 17.8 Å². The van der Waals surface area contributed by atoms with Gasteiger partial charge in [-0.05, 0) is 57.4 Å². The van der Waals surface area contributed by atoms with E-state index < -0.39 is 0 Å². The summed E-state index contributed by atoms with van der Waals surface area (Å²) in [6.07, 6.45) is 3.41. The molecule has 2 aromatic rings. The Morgan fingerprint density at radius 2 is 1.92 bits per heavy atom. The van der Waals surface area contributed by atoms with E-state index in [1.165, 1.54) is 11.8 Å². The second-order valence-corrected chi connectivity index (χ2v) is 7.32. The first-order chi connectivity index (χ1) is 11.8. The van der Waals surface area contributed by atoms with Crippen molar-refractivity contribution in [2.75, 3.05) is 11.4 Å². The number of benzene rings is 1. The van der Waals surface area contributed by atoms with E-state index in [2.05, 4.69) is 16.4 Å². The molecule has 2 heterocycles. The van der Waals surface area contributed by atoms with Crippen LogP contribution >= 0.6 is 0 Å². The predicted molar refractivity (Wildman–Crippen MR) is 97.9 cm³/mol. The number of fused-ring (bicyclic) bond motifs is 1. The topological polar surface area (TPSA) is 62.3 Å². The minimum atomic E-state index is -0.337. The Kier molecular flexibility index (Phi) is 4.57. The van der Waals surface area contributed by atoms with Gasteiger partial charge in [-0.3, -0.25) is 14.6 Å². The molecule has 0 saturated carbocycles. The molecular formula is C20H23N3O2. The Bertz CT molecular complexity index is 809. The summed E-state index contributed by atoms with van der Waals surface area (Å²) in [5, 5.41) is 2.91. The lowest BCUT2D eigenvalue weighted by molar-refractivity contribution is 0.0919. The van der Waals surface area contributed by atoms with Gasteiger partial charge in [-0.2, -0.15) is 0 Å². The van der Waals surface area contributed by atoms with E-state index >= 15 is 0 Å². The minimum Gasteiger partial charge on any atom is -0.347 e. The van der Waals surface area contributed by atoms with Gasteiger partial charge in [0.15, 0.2) is 0 Å². The molecule has 2 amide bonds. The third-order valence-electron chi connectivity index (χ3n) is 4.09. The molecule has 1 aliphatic rings. The van der Waals surface area contributed by atoms with Crippen molar-refractivity contribution in [3.05, 3.63) is 59.4 Å². The Labute approximate surface area is 148 Å². The van der Waals surface area contributed by atoms with Crippen molar-refractivity contribution in [3.63, 3.8) is 0 Å². The Balaban J connectivity index is 1.87. The summed E-state index contributed by atoms with van der Waals surface area (Å²) in [5.41, 5.74) is 2.50. The molecule has 3 rings (SSSR count). The van der Waals surface area contributed by atoms with E-state index in [1.807, 2.05) is 39.0 Å². The molecule has 0 radical (unpaired) electrons. The van der Waals surface area contributed by atoms with Gasteiger partial charge >= 0.3 is 0 Å². The van der Waals surface area contributed by atoms with Gasteiger partial charge in [-0.15, -0.1) is 0 Å². The summed E-state index contributed by atoms with van der Waals surface area (Å²) in [7, 11) is 0. The number of aromatic nitrogens is 1. The number of carbonyl (C=O) groups is 2. The van der Waals surface area contributed by atoms with Crippen molar-refractivity contribution in [3.8, 4) is 0 Å². The largest absolute Gasteiger partial charge is 0.347 e. The minimum absolute atomic E-state index is 0.169. The van der Waals surface area contributed by atoms with Crippen LogP contribution in [0, 0.1) is 0 Å². The first kappa shape index (κ1) is 17.1. The van der Waals surface area contributed by atoms with Crippen molar-refractivity contribution in [2.24, 2.45) is 0 Å². The normalized spacial score (nSPS) is 14.0. The monoisotopic (exact) mass is 337 g/mol. The maximum atomic E-state index is 13.0. The van der Waals surface area contributed by atoms with Gasteiger partial charge in [0.05, 0.1) is 0 Å². The fourth-order valence-corrected chi connectivity index (χ4v) is 2.98. The van der Waals surface area contributed by atoms with Crippen molar-refractivity contribution < 1.29 is 9.59 Å². The maximum absolute atomic E-state index is 13.0. The Hall–Kier alpha value is -2.69. The van der Waals surface area contributed by atoms with Gasteiger partial charge in [0, 0.05) is 29.5 Å². The zero-order valence-corrected chi connectivity index (χ0v) is 14.9. The highest BCUT2D eigenvalue weighted by Crippen LogP contribution is 2.27. The lowest BCUT2D eigenvalue weighted by Gasteiger charge is -2.29. The molecule has 1 aromatic heterocycles. The van der Waals surface area contributed by atoms with E-state index in [9.17, 15) is 9.59 Å². The zero-order chi connectivity index (χ0) is 18.0. The molecule has 0 aliphatic carbocycles. The second kappa shape index (κ2) is 6.67. The highest BCUT2D eigenvalue weighted by atomic mass is 16.2. The van der Waals surface area contributed by atoms with E-state index in [0.717, 1.165) is 18.5 Å². The number of nitrogens with one attached hydrogen (secondary N) is 1. The van der Waals surface area contributed by atoms with Crippen LogP contribution in [0.2, 0.25) is 0 Å². The summed E-state index contributed by atoms with van der Waals surface area (Å²) >= 11 is 0. The highest BCUT2D eigenvalue weighted by molar-refractivity contribution is 6.07. The molecule has 1 aromatic carbocycles. The van der Waals surface area contributed by atoms with E-state index in [4.69, 9.17) is 0 Å². The van der Waals surface area contributed by atoms with Crippen LogP contribution in [0.1, 0.15) is 53.6 Å². The van der Waals surface area contributed by atoms with Gasteiger partial charge in [0.2, 0.25) is 0 Å². The molecule has 0 unspecified atom stereocenters. The fourth-order valence-electron chi connectivity index (χ4n) is 2.98. The van der Waals surface area contributed by atoms with Crippen LogP contribution in [0.4, 0.5) is 5.69 Å². The second-order valence-electron chi connectivity index (χ2n) is 7.32. The third-order valence-corrected chi connectivity index (χ3v) is 4.09. The number of nitrogens with zero attached hydrogens (tertiary/aromatic N) is 2. The summed E-state index contributed by atoms with van der Waals surface area (Å²) < 4.78 is 0. The number of amides is 2. The van der Waals surface area contributed by atoms with Crippen LogP contribution in [-0.2, 0) is 6.42 Å². The third kappa shape index (κ3) is 3.87. The first-order valence-corrected chi connectivity index (χ1v) is 8.53. The van der Waals surface area contributed by atoms with Gasteiger partial charge in [-0.1, -0.05) is 18.2 Å². The van der Waals surface area contributed by atoms with Crippen LogP contribution in [0.15, 0.2) is 42.6 Å². The SMILES string of the molecule is CC(C)(C)NC(=O)c1ccnc(C(=O)N2CCCc3ccccc32)c1. The lowest BCUT2D eigenvalue weighted by Crippen LogP contribution is -2.41. The molecule has 0 spiro atoms. The summed E-state index contributed by atoms with van der Waals surface area (Å²) in [6.45, 7) is 6.42. The quantitative estimate of drug-likeness (QED) is 0.915. The smallest absolute Gasteiger partial charge is 0.276 e. The molecule has 1 aliphatic heterocycles. The summed E-state index contributed by atoms with van der Waals surface area (Å²) in [4.78, 5) is 31.3. The zero-order valence-electron chi connectivity index (χ0n) is 14.9. The highest BCUT2D eigenvalue weighted by Gasteiger charge is 2.25. The van der Waals surface area contributed by atoms with Crippen molar-refractivity contribution in [1.82, 2.24) is 10.3 Å². The standard InChI is InChI=1S/C20H23N3O2/c1-20(2,3)22-18(24)15-10-11-21-16(13-15)19(25)23-12-6-8-14-7-4-5-9-17(14)23/h4-5,7,9-11,13H,6,8,12H2,1-3H3,(H,22,24). The van der Waals surface area contributed by atoms with Crippen molar-refractivity contribution in [1.29, 1.82) is 0 Å². The number of hydrogen-bond donors (Lipinski definition) is 1.